The van der Waals surface area contributed by atoms with Crippen LogP contribution in [0.3, 0.4) is 0 Å². The normalized spacial score (nSPS) is 15.0. The average molecular weight is 451 g/mol. The number of anilines is 3. The van der Waals surface area contributed by atoms with Gasteiger partial charge < -0.3 is 24.5 Å². The van der Waals surface area contributed by atoms with E-state index in [4.69, 9.17) is 16.7 Å². The first-order valence-corrected chi connectivity index (χ1v) is 12.0. The van der Waals surface area contributed by atoms with Gasteiger partial charge in [-0.3, -0.25) is 0 Å². The first kappa shape index (κ1) is 21.6. The van der Waals surface area contributed by atoms with E-state index in [1.54, 1.807) is 0 Å². The minimum Gasteiger partial charge on any atom is -0.360 e. The zero-order chi connectivity index (χ0) is 21.5. The molecule has 1 heterocycles. The topological polar surface area (TPSA) is 39.8 Å². The lowest BCUT2D eigenvalue weighted by atomic mass is 10.3. The third-order valence-corrected chi connectivity index (χ3v) is 7.38. The van der Waals surface area contributed by atoms with Gasteiger partial charge in [-0.2, -0.15) is 0 Å². The van der Waals surface area contributed by atoms with Gasteiger partial charge in [0.1, 0.15) is 0 Å². The molecule has 0 radical (unpaired) electrons. The van der Waals surface area contributed by atoms with Crippen LogP contribution < -0.4 is 20.0 Å². The molecule has 3 aromatic rings. The predicted molar refractivity (Wildman–Crippen MR) is 136 cm³/mol. The smallest absolute Gasteiger partial charge is 0.248 e. The average Bonchev–Trinajstić information content (AvgIpc) is 3.23. The molecule has 4 rings (SSSR count). The van der Waals surface area contributed by atoms with Crippen LogP contribution in [0.25, 0.3) is 0 Å². The van der Waals surface area contributed by atoms with Gasteiger partial charge in [0, 0.05) is 36.7 Å². The molecule has 0 saturated carbocycles. The van der Waals surface area contributed by atoms with E-state index in [1.165, 1.54) is 11.4 Å². The number of benzene rings is 3. The second-order valence-electron chi connectivity index (χ2n) is 7.29. The molecule has 1 fully saturated rings. The molecule has 1 atom stereocenters. The standard InChI is InChI=1S/C24H27N4OPS/c1-20(19-25-24(31)26-21-11-5-2-6-12-21)29-30-27(22-13-7-3-8-14-22)17-18-28(30)23-15-9-4-10-16-23/h2-16,20H,17-19H2,1H3,(H2,25,26,31). The molecule has 3 aromatic carbocycles. The van der Waals surface area contributed by atoms with Crippen LogP contribution in [0.5, 0.6) is 0 Å². The van der Waals surface area contributed by atoms with Crippen LogP contribution in [0.2, 0.25) is 0 Å². The molecule has 31 heavy (non-hydrogen) atoms. The number of nitrogens with one attached hydrogen (secondary N) is 2. The molecular formula is C24H27N4OPS. The molecule has 0 aliphatic carbocycles. The fourth-order valence-corrected chi connectivity index (χ4v) is 5.66. The first-order valence-electron chi connectivity index (χ1n) is 10.4. The van der Waals surface area contributed by atoms with Crippen molar-refractivity contribution in [3.8, 4) is 0 Å². The van der Waals surface area contributed by atoms with Crippen LogP contribution in [0, 0.1) is 0 Å². The van der Waals surface area contributed by atoms with E-state index in [0.29, 0.717) is 11.7 Å². The van der Waals surface area contributed by atoms with Crippen LogP contribution in [0.4, 0.5) is 17.1 Å². The highest BCUT2D eigenvalue weighted by Gasteiger charge is 2.36. The highest BCUT2D eigenvalue weighted by molar-refractivity contribution is 7.80. The highest BCUT2D eigenvalue weighted by Crippen LogP contribution is 2.54. The summed E-state index contributed by atoms with van der Waals surface area (Å²) in [7, 11) is -0.980. The van der Waals surface area contributed by atoms with E-state index in [-0.39, 0.29) is 6.10 Å². The maximum absolute atomic E-state index is 6.61. The third-order valence-electron chi connectivity index (χ3n) is 4.90. The zero-order valence-electron chi connectivity index (χ0n) is 17.5. The van der Waals surface area contributed by atoms with Crippen molar-refractivity contribution in [1.29, 1.82) is 0 Å². The molecule has 160 valence electrons. The number of nitrogens with zero attached hydrogens (tertiary/aromatic N) is 2. The van der Waals surface area contributed by atoms with Crippen LogP contribution >= 0.6 is 20.7 Å². The Hall–Kier alpha value is -2.66. The van der Waals surface area contributed by atoms with Crippen molar-refractivity contribution < 1.29 is 4.52 Å². The quantitative estimate of drug-likeness (QED) is 0.359. The Balaban J connectivity index is 1.41. The fraction of sp³-hybridized carbons (Fsp3) is 0.208. The van der Waals surface area contributed by atoms with E-state index in [9.17, 15) is 0 Å². The van der Waals surface area contributed by atoms with Crippen molar-refractivity contribution in [3.63, 3.8) is 0 Å². The lowest BCUT2D eigenvalue weighted by Crippen LogP contribution is -2.35. The van der Waals surface area contributed by atoms with Crippen molar-refractivity contribution in [2.45, 2.75) is 13.0 Å². The highest BCUT2D eigenvalue weighted by atomic mass is 32.1. The molecule has 5 nitrogen and oxygen atoms in total. The number of thiocarbonyl (C=S) groups is 1. The zero-order valence-corrected chi connectivity index (χ0v) is 19.2. The van der Waals surface area contributed by atoms with E-state index in [2.05, 4.69) is 75.4 Å². The molecule has 2 N–H and O–H groups in total. The van der Waals surface area contributed by atoms with Gasteiger partial charge in [-0.05, 0) is 55.5 Å². The molecule has 0 aromatic heterocycles. The Labute approximate surface area is 191 Å². The largest absolute Gasteiger partial charge is 0.360 e. The van der Waals surface area contributed by atoms with Gasteiger partial charge in [0.05, 0.1) is 6.10 Å². The lowest BCUT2D eigenvalue weighted by molar-refractivity contribution is 0.250. The van der Waals surface area contributed by atoms with Gasteiger partial charge >= 0.3 is 0 Å². The SMILES string of the molecule is CC(CNC(=S)Nc1ccccc1)OP1N(c2ccccc2)CCN1c1ccccc1. The van der Waals surface area contributed by atoms with E-state index >= 15 is 0 Å². The Morgan fingerprint density at radius 1 is 0.871 bits per heavy atom. The first-order chi connectivity index (χ1) is 15.2. The van der Waals surface area contributed by atoms with E-state index in [0.717, 1.165) is 18.8 Å². The monoisotopic (exact) mass is 450 g/mol. The third kappa shape index (κ3) is 5.73. The van der Waals surface area contributed by atoms with E-state index < -0.39 is 8.45 Å². The van der Waals surface area contributed by atoms with Gasteiger partial charge in [-0.25, -0.2) is 0 Å². The maximum Gasteiger partial charge on any atom is 0.248 e. The summed E-state index contributed by atoms with van der Waals surface area (Å²) in [6, 6.07) is 30.9. The van der Waals surface area contributed by atoms with Crippen molar-refractivity contribution in [1.82, 2.24) is 5.32 Å². The van der Waals surface area contributed by atoms with E-state index in [1.807, 2.05) is 42.5 Å². The van der Waals surface area contributed by atoms with Crippen LogP contribution in [-0.2, 0) is 4.52 Å². The Morgan fingerprint density at radius 3 is 1.87 bits per heavy atom. The van der Waals surface area contributed by atoms with Crippen molar-refractivity contribution in [2.75, 3.05) is 34.3 Å². The number of rotatable bonds is 7. The Kier molecular flexibility index (Phi) is 7.36. The molecule has 1 aliphatic heterocycles. The molecule has 7 heteroatoms. The summed E-state index contributed by atoms with van der Waals surface area (Å²) in [6.45, 7) is 4.57. The second kappa shape index (κ2) is 10.6. The van der Waals surface area contributed by atoms with Gasteiger partial charge in [0.15, 0.2) is 5.11 Å². The molecule has 0 amide bonds. The van der Waals surface area contributed by atoms with Gasteiger partial charge in [-0.1, -0.05) is 54.6 Å². The van der Waals surface area contributed by atoms with Crippen molar-refractivity contribution >= 4 is 42.8 Å². The van der Waals surface area contributed by atoms with Crippen LogP contribution in [0.1, 0.15) is 6.92 Å². The maximum atomic E-state index is 6.61. The fourth-order valence-electron chi connectivity index (χ4n) is 3.39. The molecule has 1 saturated heterocycles. The summed E-state index contributed by atoms with van der Waals surface area (Å²) in [4.78, 5) is 0. The van der Waals surface area contributed by atoms with Crippen LogP contribution in [-0.4, -0.2) is 30.9 Å². The molecular weight excluding hydrogens is 423 g/mol. The lowest BCUT2D eigenvalue weighted by Gasteiger charge is -2.33. The second-order valence-corrected chi connectivity index (χ2v) is 9.38. The van der Waals surface area contributed by atoms with Gasteiger partial charge in [0.2, 0.25) is 8.45 Å². The summed E-state index contributed by atoms with van der Waals surface area (Å²) in [5.41, 5.74) is 3.35. The summed E-state index contributed by atoms with van der Waals surface area (Å²) in [5, 5.41) is 7.09. The minimum absolute atomic E-state index is 0.0165. The van der Waals surface area contributed by atoms with Gasteiger partial charge in [0.25, 0.3) is 0 Å². The summed E-state index contributed by atoms with van der Waals surface area (Å²) < 4.78 is 11.4. The number of hydrogen-bond acceptors (Lipinski definition) is 4. The summed E-state index contributed by atoms with van der Waals surface area (Å²) >= 11 is 5.44. The minimum atomic E-state index is -0.980. The predicted octanol–water partition coefficient (Wildman–Crippen LogP) is 5.63. The number of hydrogen-bond donors (Lipinski definition) is 2. The van der Waals surface area contributed by atoms with Crippen molar-refractivity contribution in [3.05, 3.63) is 91.0 Å². The Bertz CT molecular complexity index is 914. The molecule has 1 unspecified atom stereocenters. The molecule has 1 aliphatic rings. The Morgan fingerprint density at radius 2 is 1.35 bits per heavy atom. The molecule has 0 spiro atoms. The van der Waals surface area contributed by atoms with Crippen LogP contribution in [0.15, 0.2) is 91.0 Å². The van der Waals surface area contributed by atoms with Gasteiger partial charge in [-0.15, -0.1) is 0 Å². The van der Waals surface area contributed by atoms with Crippen molar-refractivity contribution in [2.24, 2.45) is 0 Å². The molecule has 0 bridgehead atoms. The summed E-state index contributed by atoms with van der Waals surface area (Å²) in [6.07, 6.45) is -0.0165. The number of para-hydroxylation sites is 3. The summed E-state index contributed by atoms with van der Waals surface area (Å²) in [5.74, 6) is 0.